The van der Waals surface area contributed by atoms with Crippen LogP contribution in [0.4, 0.5) is 4.39 Å². The van der Waals surface area contributed by atoms with Gasteiger partial charge < -0.3 is 13.9 Å². The third kappa shape index (κ3) is 3.43. The van der Waals surface area contributed by atoms with Crippen molar-refractivity contribution in [3.8, 4) is 22.8 Å². The quantitative estimate of drug-likeness (QED) is 0.643. The van der Waals surface area contributed by atoms with Crippen molar-refractivity contribution >= 4 is 6.29 Å². The van der Waals surface area contributed by atoms with Crippen molar-refractivity contribution in [3.05, 3.63) is 65.9 Å². The molecule has 0 aliphatic heterocycles. The van der Waals surface area contributed by atoms with Crippen LogP contribution >= 0.6 is 0 Å². The van der Waals surface area contributed by atoms with E-state index in [1.165, 1.54) is 19.2 Å². The summed E-state index contributed by atoms with van der Waals surface area (Å²) >= 11 is 0. The van der Waals surface area contributed by atoms with E-state index in [-0.39, 0.29) is 12.4 Å². The number of aldehydes is 1. The molecular formula is C18H14FNO4. The molecule has 0 fully saturated rings. The Kier molecular flexibility index (Phi) is 4.56. The number of nitrogens with zero attached hydrogens (tertiary/aromatic N) is 1. The van der Waals surface area contributed by atoms with Gasteiger partial charge in [0.1, 0.15) is 12.1 Å². The molecule has 122 valence electrons. The minimum Gasteiger partial charge on any atom is -0.493 e. The molecule has 0 N–H and O–H groups in total. The third-order valence-electron chi connectivity index (χ3n) is 3.36. The molecule has 0 atom stereocenters. The lowest BCUT2D eigenvalue weighted by Gasteiger charge is -2.09. The minimum absolute atomic E-state index is 0.0952. The van der Waals surface area contributed by atoms with Crippen molar-refractivity contribution in [3.63, 3.8) is 0 Å². The van der Waals surface area contributed by atoms with Crippen LogP contribution in [-0.2, 0) is 6.61 Å². The lowest BCUT2D eigenvalue weighted by atomic mass is 10.2. The van der Waals surface area contributed by atoms with E-state index < -0.39 is 0 Å². The van der Waals surface area contributed by atoms with Gasteiger partial charge in [-0.3, -0.25) is 4.79 Å². The molecular weight excluding hydrogens is 313 g/mol. The molecule has 0 aliphatic rings. The zero-order valence-electron chi connectivity index (χ0n) is 12.9. The number of ether oxygens (including phenoxy) is 2. The molecule has 3 rings (SSSR count). The van der Waals surface area contributed by atoms with Crippen molar-refractivity contribution in [2.45, 2.75) is 6.61 Å². The van der Waals surface area contributed by atoms with Gasteiger partial charge in [-0.05, 0) is 42.5 Å². The van der Waals surface area contributed by atoms with Gasteiger partial charge in [0.2, 0.25) is 5.89 Å². The Hall–Kier alpha value is -3.15. The molecule has 0 saturated heterocycles. The number of aromatic nitrogens is 1. The van der Waals surface area contributed by atoms with Gasteiger partial charge in [0.15, 0.2) is 23.9 Å². The van der Waals surface area contributed by atoms with E-state index in [1.807, 2.05) is 0 Å². The summed E-state index contributed by atoms with van der Waals surface area (Å²) in [7, 11) is 1.49. The molecule has 0 unspecified atom stereocenters. The minimum atomic E-state index is -0.312. The first kappa shape index (κ1) is 15.7. The Balaban J connectivity index is 1.71. The number of hydrogen-bond acceptors (Lipinski definition) is 5. The molecule has 0 saturated carbocycles. The van der Waals surface area contributed by atoms with Crippen LogP contribution in [-0.4, -0.2) is 18.4 Å². The van der Waals surface area contributed by atoms with Crippen LogP contribution in [0, 0.1) is 5.82 Å². The smallest absolute Gasteiger partial charge is 0.232 e. The van der Waals surface area contributed by atoms with Gasteiger partial charge in [0.05, 0.1) is 13.3 Å². The largest absolute Gasteiger partial charge is 0.493 e. The SMILES string of the molecule is COc1cc(C=O)ccc1OCc1ncc(-c2ccc(F)cc2)o1. The second-order valence-corrected chi connectivity index (χ2v) is 4.94. The number of methoxy groups -OCH3 is 1. The monoisotopic (exact) mass is 327 g/mol. The van der Waals surface area contributed by atoms with Gasteiger partial charge in [-0.15, -0.1) is 0 Å². The van der Waals surface area contributed by atoms with Crippen molar-refractivity contribution in [2.75, 3.05) is 7.11 Å². The molecule has 3 aromatic rings. The highest BCUT2D eigenvalue weighted by Crippen LogP contribution is 2.29. The molecule has 6 heteroatoms. The maximum Gasteiger partial charge on any atom is 0.232 e. The van der Waals surface area contributed by atoms with Gasteiger partial charge in [-0.2, -0.15) is 0 Å². The normalized spacial score (nSPS) is 10.4. The molecule has 5 nitrogen and oxygen atoms in total. The predicted octanol–water partition coefficient (Wildman–Crippen LogP) is 3.88. The molecule has 0 radical (unpaired) electrons. The number of carbonyl (C=O) groups is 1. The Morgan fingerprint density at radius 1 is 1.17 bits per heavy atom. The van der Waals surface area contributed by atoms with Crippen molar-refractivity contribution < 1.29 is 23.1 Å². The average Bonchev–Trinajstić information content (AvgIpc) is 3.09. The standard InChI is InChI=1S/C18H14FNO4/c1-22-16-8-12(10-21)2-7-15(16)23-11-18-20-9-17(24-18)13-3-5-14(19)6-4-13/h2-10H,11H2,1H3. The summed E-state index contributed by atoms with van der Waals surface area (Å²) in [6, 6.07) is 10.8. The van der Waals surface area contributed by atoms with E-state index >= 15 is 0 Å². The van der Waals surface area contributed by atoms with E-state index in [9.17, 15) is 9.18 Å². The summed E-state index contributed by atoms with van der Waals surface area (Å²) < 4.78 is 29.4. The topological polar surface area (TPSA) is 61.6 Å². The van der Waals surface area contributed by atoms with Crippen LogP contribution in [0.1, 0.15) is 16.2 Å². The zero-order valence-corrected chi connectivity index (χ0v) is 12.9. The van der Waals surface area contributed by atoms with Crippen LogP contribution in [0.25, 0.3) is 11.3 Å². The molecule has 24 heavy (non-hydrogen) atoms. The molecule has 0 bridgehead atoms. The summed E-state index contributed by atoms with van der Waals surface area (Å²) in [6.07, 6.45) is 2.29. The van der Waals surface area contributed by atoms with E-state index in [2.05, 4.69) is 4.98 Å². The number of rotatable bonds is 6. The molecule has 0 aliphatic carbocycles. The first-order valence-electron chi connectivity index (χ1n) is 7.16. The summed E-state index contributed by atoms with van der Waals surface area (Å²) in [5.41, 5.74) is 1.22. The Labute approximate surface area is 137 Å². The first-order chi connectivity index (χ1) is 11.7. The summed E-state index contributed by atoms with van der Waals surface area (Å²) in [6.45, 7) is 0.0952. The molecule has 0 amide bonds. The van der Waals surface area contributed by atoms with Crippen LogP contribution in [0.3, 0.4) is 0 Å². The van der Waals surface area contributed by atoms with Crippen LogP contribution in [0.5, 0.6) is 11.5 Å². The maximum absolute atomic E-state index is 12.9. The van der Waals surface area contributed by atoms with Gasteiger partial charge >= 0.3 is 0 Å². The van der Waals surface area contributed by atoms with Crippen molar-refractivity contribution in [2.24, 2.45) is 0 Å². The molecule has 1 heterocycles. The first-order valence-corrected chi connectivity index (χ1v) is 7.16. The van der Waals surface area contributed by atoms with Gasteiger partial charge in [0.25, 0.3) is 0 Å². The Morgan fingerprint density at radius 3 is 2.67 bits per heavy atom. The van der Waals surface area contributed by atoms with Crippen LogP contribution in [0.2, 0.25) is 0 Å². The molecule has 0 spiro atoms. The van der Waals surface area contributed by atoms with E-state index in [0.29, 0.717) is 28.7 Å². The van der Waals surface area contributed by atoms with Gasteiger partial charge in [-0.25, -0.2) is 9.37 Å². The zero-order chi connectivity index (χ0) is 16.9. The summed E-state index contributed by atoms with van der Waals surface area (Å²) in [4.78, 5) is 14.9. The molecule has 1 aromatic heterocycles. The van der Waals surface area contributed by atoms with Crippen LogP contribution in [0.15, 0.2) is 53.1 Å². The lowest BCUT2D eigenvalue weighted by Crippen LogP contribution is -1.98. The third-order valence-corrected chi connectivity index (χ3v) is 3.36. The summed E-state index contributed by atoms with van der Waals surface area (Å²) in [5.74, 6) is 1.51. The summed E-state index contributed by atoms with van der Waals surface area (Å²) in [5, 5.41) is 0. The van der Waals surface area contributed by atoms with Crippen molar-refractivity contribution in [1.82, 2.24) is 4.98 Å². The lowest BCUT2D eigenvalue weighted by molar-refractivity contribution is 0.112. The fourth-order valence-corrected chi connectivity index (χ4v) is 2.14. The predicted molar refractivity (Wildman–Crippen MR) is 84.6 cm³/mol. The number of oxazole rings is 1. The van der Waals surface area contributed by atoms with Gasteiger partial charge in [-0.1, -0.05) is 0 Å². The number of carbonyl (C=O) groups excluding carboxylic acids is 1. The number of hydrogen-bond donors (Lipinski definition) is 0. The van der Waals surface area contributed by atoms with E-state index in [0.717, 1.165) is 11.8 Å². The highest BCUT2D eigenvalue weighted by molar-refractivity contribution is 5.76. The van der Waals surface area contributed by atoms with E-state index in [1.54, 1.807) is 36.5 Å². The second-order valence-electron chi connectivity index (χ2n) is 4.94. The average molecular weight is 327 g/mol. The van der Waals surface area contributed by atoms with Crippen molar-refractivity contribution in [1.29, 1.82) is 0 Å². The van der Waals surface area contributed by atoms with Crippen LogP contribution < -0.4 is 9.47 Å². The highest BCUT2D eigenvalue weighted by atomic mass is 19.1. The molecule has 2 aromatic carbocycles. The fourth-order valence-electron chi connectivity index (χ4n) is 2.14. The fraction of sp³-hybridized carbons (Fsp3) is 0.111. The van der Waals surface area contributed by atoms with E-state index in [4.69, 9.17) is 13.9 Å². The second kappa shape index (κ2) is 6.95. The van der Waals surface area contributed by atoms with Gasteiger partial charge in [0, 0.05) is 11.1 Å². The Bertz CT molecular complexity index is 842. The number of benzene rings is 2. The maximum atomic E-state index is 12.9. The highest BCUT2D eigenvalue weighted by Gasteiger charge is 2.10. The Morgan fingerprint density at radius 2 is 1.96 bits per heavy atom. The number of halogens is 1.